The Labute approximate surface area is 293 Å². The first-order valence-corrected chi connectivity index (χ1v) is 17.4. The number of rotatable bonds is 4. The molecule has 0 unspecified atom stereocenters. The lowest BCUT2D eigenvalue weighted by molar-refractivity contribution is 0.661. The lowest BCUT2D eigenvalue weighted by Gasteiger charge is -2.23. The molecule has 0 bridgehead atoms. The summed E-state index contributed by atoms with van der Waals surface area (Å²) < 4.78 is 0. The first kappa shape index (κ1) is 30.0. The summed E-state index contributed by atoms with van der Waals surface area (Å²) in [6, 6.07) is 51.0. The van der Waals surface area contributed by atoms with Gasteiger partial charge in [-0.05, 0) is 107 Å². The summed E-state index contributed by atoms with van der Waals surface area (Å²) >= 11 is 0. The van der Waals surface area contributed by atoms with Crippen molar-refractivity contribution in [3.05, 3.63) is 187 Å². The van der Waals surface area contributed by atoms with Crippen LogP contribution in [0, 0.1) is 0 Å². The Morgan fingerprint density at radius 3 is 2.06 bits per heavy atom. The van der Waals surface area contributed by atoms with Crippen molar-refractivity contribution in [1.29, 1.82) is 0 Å². The molecular formula is C49H37N. The van der Waals surface area contributed by atoms with Crippen LogP contribution in [-0.2, 0) is 5.41 Å². The number of pyridine rings is 1. The molecule has 9 rings (SSSR count). The lowest BCUT2D eigenvalue weighted by Crippen LogP contribution is -2.15. The van der Waals surface area contributed by atoms with Crippen molar-refractivity contribution in [2.24, 2.45) is 0 Å². The van der Waals surface area contributed by atoms with E-state index in [0.717, 1.165) is 11.1 Å². The molecule has 0 fully saturated rings. The van der Waals surface area contributed by atoms with Crippen LogP contribution in [0.15, 0.2) is 170 Å². The summed E-state index contributed by atoms with van der Waals surface area (Å²) in [6.45, 7) is 11.1. The second kappa shape index (κ2) is 11.5. The second-order valence-corrected chi connectivity index (χ2v) is 14.0. The maximum absolute atomic E-state index is 5.10. The highest BCUT2D eigenvalue weighted by molar-refractivity contribution is 6.23. The van der Waals surface area contributed by atoms with Gasteiger partial charge in [0.15, 0.2) is 0 Å². The van der Waals surface area contributed by atoms with E-state index in [0.29, 0.717) is 0 Å². The Hall–Kier alpha value is -6.05. The molecule has 238 valence electrons. The van der Waals surface area contributed by atoms with Crippen LogP contribution in [-0.4, -0.2) is 4.98 Å². The van der Waals surface area contributed by atoms with Crippen molar-refractivity contribution in [2.45, 2.75) is 26.2 Å². The van der Waals surface area contributed by atoms with E-state index in [1.807, 2.05) is 12.3 Å². The molecule has 1 heterocycles. The van der Waals surface area contributed by atoms with Gasteiger partial charge in [-0.15, -0.1) is 0 Å². The fraction of sp³-hybridized carbons (Fsp3) is 0.0816. The van der Waals surface area contributed by atoms with E-state index in [9.17, 15) is 0 Å². The molecule has 1 aliphatic rings. The monoisotopic (exact) mass is 639 g/mol. The molecule has 50 heavy (non-hydrogen) atoms. The van der Waals surface area contributed by atoms with Crippen molar-refractivity contribution < 1.29 is 0 Å². The minimum atomic E-state index is -0.157. The molecule has 0 spiro atoms. The highest BCUT2D eigenvalue weighted by Crippen LogP contribution is 2.54. The maximum Gasteiger partial charge on any atom is 0.0792 e. The molecule has 7 aromatic carbocycles. The number of allylic oxidation sites excluding steroid dienone is 5. The van der Waals surface area contributed by atoms with Crippen LogP contribution in [0.5, 0.6) is 0 Å². The number of aromatic nitrogens is 1. The number of hydrogen-bond acceptors (Lipinski definition) is 1. The van der Waals surface area contributed by atoms with Gasteiger partial charge in [0, 0.05) is 22.6 Å². The van der Waals surface area contributed by atoms with E-state index in [2.05, 4.69) is 173 Å². The minimum Gasteiger partial charge on any atom is -0.256 e. The van der Waals surface area contributed by atoms with Gasteiger partial charge >= 0.3 is 0 Å². The molecule has 1 aromatic heterocycles. The standard InChI is InChI=1S/C49H37N/c1-5-14-44-46(41-21-12-13-22-43(41)49(44,3)4)31(2)45-38-19-10-11-20-39(38)47(48-37-18-9-8-16-33(37)27-28-50-48)40-26-25-36(30-42(40)45)35-24-23-32-15-6-7-17-34(32)29-35/h5-30H,1H2,2-4H3/b44-14?,46-31+. The van der Waals surface area contributed by atoms with Crippen LogP contribution in [0.25, 0.3) is 76.6 Å². The van der Waals surface area contributed by atoms with Crippen LogP contribution < -0.4 is 0 Å². The summed E-state index contributed by atoms with van der Waals surface area (Å²) in [7, 11) is 0. The molecule has 1 nitrogen and oxygen atoms in total. The molecule has 0 saturated carbocycles. The number of fused-ring (bicyclic) bond motifs is 5. The van der Waals surface area contributed by atoms with Gasteiger partial charge in [0.1, 0.15) is 0 Å². The molecule has 0 aliphatic heterocycles. The Balaban J connectivity index is 1.45. The van der Waals surface area contributed by atoms with Gasteiger partial charge < -0.3 is 0 Å². The van der Waals surface area contributed by atoms with Gasteiger partial charge in [-0.2, -0.15) is 0 Å². The fourth-order valence-corrected chi connectivity index (χ4v) is 8.49. The molecule has 0 N–H and O–H groups in total. The zero-order valence-corrected chi connectivity index (χ0v) is 28.7. The molecule has 1 aliphatic carbocycles. The highest BCUT2D eigenvalue weighted by atomic mass is 14.7. The van der Waals surface area contributed by atoms with E-state index < -0.39 is 0 Å². The predicted octanol–water partition coefficient (Wildman–Crippen LogP) is 13.4. The first-order chi connectivity index (χ1) is 24.5. The summed E-state index contributed by atoms with van der Waals surface area (Å²) in [4.78, 5) is 5.10. The van der Waals surface area contributed by atoms with E-state index in [1.165, 1.54) is 87.8 Å². The maximum atomic E-state index is 5.10. The molecule has 0 saturated heterocycles. The summed E-state index contributed by atoms with van der Waals surface area (Å²) in [6.07, 6.45) is 6.12. The topological polar surface area (TPSA) is 12.9 Å². The molecular weight excluding hydrogens is 603 g/mol. The third-order valence-electron chi connectivity index (χ3n) is 10.9. The Bertz CT molecular complexity index is 2750. The average Bonchev–Trinajstić information content (AvgIpc) is 3.38. The summed E-state index contributed by atoms with van der Waals surface area (Å²) in [5, 5.41) is 9.70. The number of nitrogens with zero attached hydrogens (tertiary/aromatic N) is 1. The van der Waals surface area contributed by atoms with Crippen molar-refractivity contribution in [3.63, 3.8) is 0 Å². The lowest BCUT2D eigenvalue weighted by atomic mass is 9.80. The molecule has 8 aromatic rings. The van der Waals surface area contributed by atoms with Crippen molar-refractivity contribution in [2.75, 3.05) is 0 Å². The molecule has 1 heteroatoms. The van der Waals surface area contributed by atoms with Crippen LogP contribution in [0.2, 0.25) is 0 Å². The smallest absolute Gasteiger partial charge is 0.0792 e. The Morgan fingerprint density at radius 2 is 1.24 bits per heavy atom. The molecule has 0 atom stereocenters. The van der Waals surface area contributed by atoms with E-state index in [1.54, 1.807) is 0 Å². The van der Waals surface area contributed by atoms with Gasteiger partial charge in [0.05, 0.1) is 5.69 Å². The third kappa shape index (κ3) is 4.51. The van der Waals surface area contributed by atoms with Crippen molar-refractivity contribution >= 4 is 54.2 Å². The van der Waals surface area contributed by atoms with Gasteiger partial charge in [-0.1, -0.05) is 154 Å². The van der Waals surface area contributed by atoms with Crippen LogP contribution in [0.1, 0.15) is 37.5 Å². The van der Waals surface area contributed by atoms with E-state index >= 15 is 0 Å². The second-order valence-electron chi connectivity index (χ2n) is 14.0. The largest absolute Gasteiger partial charge is 0.256 e. The Morgan fingerprint density at radius 1 is 0.600 bits per heavy atom. The van der Waals surface area contributed by atoms with Crippen LogP contribution >= 0.6 is 0 Å². The normalized spacial score (nSPS) is 15.6. The highest BCUT2D eigenvalue weighted by Gasteiger charge is 2.39. The van der Waals surface area contributed by atoms with Crippen molar-refractivity contribution in [1.82, 2.24) is 4.98 Å². The number of benzene rings is 7. The van der Waals surface area contributed by atoms with Gasteiger partial charge in [-0.25, -0.2) is 0 Å². The SMILES string of the molecule is C=CC=C1/C(=C(\C)c2c3ccccc3c(-c3nccc4ccccc34)c3ccc(-c4ccc5ccccc5c4)cc23)c2ccccc2C1(C)C. The average molecular weight is 640 g/mol. The van der Waals surface area contributed by atoms with E-state index in [-0.39, 0.29) is 5.41 Å². The zero-order chi connectivity index (χ0) is 34.0. The van der Waals surface area contributed by atoms with E-state index in [4.69, 9.17) is 4.98 Å². The van der Waals surface area contributed by atoms with Gasteiger partial charge in [0.25, 0.3) is 0 Å². The number of hydrogen-bond donors (Lipinski definition) is 0. The van der Waals surface area contributed by atoms with Gasteiger partial charge in [-0.3, -0.25) is 4.98 Å². The first-order valence-electron chi connectivity index (χ1n) is 17.4. The Kier molecular flexibility index (Phi) is 6.93. The van der Waals surface area contributed by atoms with Gasteiger partial charge in [0.2, 0.25) is 0 Å². The minimum absolute atomic E-state index is 0.157. The van der Waals surface area contributed by atoms with Crippen molar-refractivity contribution in [3.8, 4) is 22.4 Å². The summed E-state index contributed by atoms with van der Waals surface area (Å²) in [5.74, 6) is 0. The quantitative estimate of drug-likeness (QED) is 0.175. The third-order valence-corrected chi connectivity index (χ3v) is 10.9. The fourth-order valence-electron chi connectivity index (χ4n) is 8.49. The predicted molar refractivity (Wildman–Crippen MR) is 215 cm³/mol. The van der Waals surface area contributed by atoms with Crippen LogP contribution in [0.4, 0.5) is 0 Å². The summed E-state index contributed by atoms with van der Waals surface area (Å²) in [5.41, 5.74) is 12.2. The van der Waals surface area contributed by atoms with Crippen LogP contribution in [0.3, 0.4) is 0 Å². The molecule has 0 radical (unpaired) electrons. The molecule has 0 amide bonds. The zero-order valence-electron chi connectivity index (χ0n) is 28.7.